The number of aromatic amines is 1. The highest BCUT2D eigenvalue weighted by atomic mass is 16.5. The topological polar surface area (TPSA) is 110 Å². The fourth-order valence-corrected chi connectivity index (χ4v) is 2.66. The molecule has 2 heterocycles. The van der Waals surface area contributed by atoms with Crippen LogP contribution in [-0.2, 0) is 0 Å². The van der Waals surface area contributed by atoms with Crippen molar-refractivity contribution in [3.63, 3.8) is 0 Å². The fourth-order valence-electron chi connectivity index (χ4n) is 2.66. The monoisotopic (exact) mass is 347 g/mol. The molecular weight excluding hydrogens is 334 g/mol. The van der Waals surface area contributed by atoms with Crippen LogP contribution in [-0.4, -0.2) is 39.4 Å². The molecule has 0 aliphatic carbocycles. The third-order valence-corrected chi connectivity index (χ3v) is 3.91. The minimum Gasteiger partial charge on any atom is -0.424 e. The molecule has 4 aromatic rings. The summed E-state index contributed by atoms with van der Waals surface area (Å²) in [5, 5.41) is 10.9. The summed E-state index contributed by atoms with van der Waals surface area (Å²) in [4.78, 5) is 31.4. The summed E-state index contributed by atoms with van der Waals surface area (Å²) in [7, 11) is 1.55. The number of fused-ring (bicyclic) bond motifs is 3. The van der Waals surface area contributed by atoms with Gasteiger partial charge in [-0.1, -0.05) is 18.2 Å². The number of benzene rings is 2. The van der Waals surface area contributed by atoms with E-state index in [0.717, 1.165) is 11.7 Å². The molecule has 0 atom stereocenters. The molecule has 0 fully saturated rings. The van der Waals surface area contributed by atoms with Crippen molar-refractivity contribution in [1.29, 1.82) is 0 Å². The zero-order valence-corrected chi connectivity index (χ0v) is 13.7. The summed E-state index contributed by atoms with van der Waals surface area (Å²) in [5.74, 6) is 0.192. The van der Waals surface area contributed by atoms with Gasteiger partial charge in [-0.15, -0.1) is 0 Å². The van der Waals surface area contributed by atoms with Crippen molar-refractivity contribution in [3.8, 4) is 11.8 Å². The van der Waals surface area contributed by atoms with Crippen LogP contribution < -0.4 is 10.1 Å². The lowest BCUT2D eigenvalue weighted by Crippen LogP contribution is -2.18. The van der Waals surface area contributed by atoms with E-state index in [1.54, 1.807) is 43.6 Å². The van der Waals surface area contributed by atoms with Gasteiger partial charge in [0.05, 0.1) is 0 Å². The molecule has 0 aliphatic heterocycles. The Bertz CT molecular complexity index is 1150. The third-order valence-electron chi connectivity index (χ3n) is 3.91. The number of carbonyl (C=O) groups excluding carboxylic acids is 2. The lowest BCUT2D eigenvalue weighted by Gasteiger charge is -2.05. The number of aromatic nitrogens is 4. The van der Waals surface area contributed by atoms with E-state index in [2.05, 4.69) is 25.5 Å². The lowest BCUT2D eigenvalue weighted by atomic mass is 10.1. The first-order valence-corrected chi connectivity index (χ1v) is 7.78. The fraction of sp³-hybridized carbons (Fsp3) is 0.0556. The number of nitrogens with zero attached hydrogens (tertiary/aromatic N) is 3. The normalized spacial score (nSPS) is 10.8. The number of rotatable bonds is 4. The van der Waals surface area contributed by atoms with Crippen LogP contribution in [0.5, 0.6) is 11.8 Å². The Balaban J connectivity index is 1.80. The van der Waals surface area contributed by atoms with E-state index in [4.69, 9.17) is 4.74 Å². The molecule has 26 heavy (non-hydrogen) atoms. The van der Waals surface area contributed by atoms with Gasteiger partial charge >= 0.3 is 6.01 Å². The summed E-state index contributed by atoms with van der Waals surface area (Å²) in [5.41, 5.74) is 1.97. The second-order valence-corrected chi connectivity index (χ2v) is 5.52. The molecule has 4 rings (SSSR count). The number of H-pyrrole nitrogens is 1. The number of nitrogens with one attached hydrogen (secondary N) is 2. The van der Waals surface area contributed by atoms with Crippen LogP contribution in [0.25, 0.3) is 21.8 Å². The van der Waals surface area contributed by atoms with E-state index in [-0.39, 0.29) is 11.9 Å². The predicted molar refractivity (Wildman–Crippen MR) is 94.5 cm³/mol. The average Bonchev–Trinajstić information content (AvgIpc) is 3.12. The molecule has 1 amide bonds. The van der Waals surface area contributed by atoms with Crippen LogP contribution in [0.15, 0.2) is 42.6 Å². The summed E-state index contributed by atoms with van der Waals surface area (Å²) in [6.45, 7) is 0. The predicted octanol–water partition coefficient (Wildman–Crippen LogP) is 2.47. The smallest absolute Gasteiger partial charge is 0.322 e. The zero-order valence-electron chi connectivity index (χ0n) is 13.7. The van der Waals surface area contributed by atoms with Gasteiger partial charge in [-0.2, -0.15) is 10.1 Å². The van der Waals surface area contributed by atoms with E-state index >= 15 is 0 Å². The van der Waals surface area contributed by atoms with Crippen molar-refractivity contribution in [1.82, 2.24) is 25.5 Å². The number of hydrogen-bond donors (Lipinski definition) is 2. The van der Waals surface area contributed by atoms with E-state index < -0.39 is 0 Å². The molecule has 0 saturated carbocycles. The van der Waals surface area contributed by atoms with Crippen molar-refractivity contribution < 1.29 is 14.3 Å². The van der Waals surface area contributed by atoms with Crippen molar-refractivity contribution in [2.75, 3.05) is 7.05 Å². The SMILES string of the molecule is CNC(=O)c1[nH]nc2c1ccc1cnc(Oc3cccc(C=O)c3)nc12. The Morgan fingerprint density at radius 2 is 2.12 bits per heavy atom. The van der Waals surface area contributed by atoms with Crippen molar-refractivity contribution in [3.05, 3.63) is 53.9 Å². The van der Waals surface area contributed by atoms with Gasteiger partial charge in [0.25, 0.3) is 5.91 Å². The van der Waals surface area contributed by atoms with Crippen LogP contribution in [0.2, 0.25) is 0 Å². The molecule has 0 aliphatic rings. The van der Waals surface area contributed by atoms with Crippen molar-refractivity contribution >= 4 is 34.0 Å². The third kappa shape index (κ3) is 2.63. The Kier molecular flexibility index (Phi) is 3.77. The molecule has 2 aromatic carbocycles. The number of amides is 1. The van der Waals surface area contributed by atoms with Crippen molar-refractivity contribution in [2.24, 2.45) is 0 Å². The Morgan fingerprint density at radius 1 is 1.23 bits per heavy atom. The van der Waals surface area contributed by atoms with Gasteiger partial charge < -0.3 is 10.1 Å². The first kappa shape index (κ1) is 15.7. The molecule has 0 spiro atoms. The number of carbonyl (C=O) groups is 2. The summed E-state index contributed by atoms with van der Waals surface area (Å²) >= 11 is 0. The van der Waals surface area contributed by atoms with Gasteiger partial charge in [0.15, 0.2) is 0 Å². The Morgan fingerprint density at radius 3 is 2.92 bits per heavy atom. The van der Waals surface area contributed by atoms with Gasteiger partial charge in [0.1, 0.15) is 28.8 Å². The minimum absolute atomic E-state index is 0.123. The van der Waals surface area contributed by atoms with E-state index in [1.165, 1.54) is 0 Å². The maximum Gasteiger partial charge on any atom is 0.322 e. The number of ether oxygens (including phenoxy) is 1. The first-order chi connectivity index (χ1) is 12.7. The maximum absolute atomic E-state index is 11.9. The van der Waals surface area contributed by atoms with E-state index in [9.17, 15) is 9.59 Å². The second-order valence-electron chi connectivity index (χ2n) is 5.52. The van der Waals surface area contributed by atoms with Gasteiger partial charge in [0, 0.05) is 29.6 Å². The molecule has 0 saturated heterocycles. The molecule has 2 N–H and O–H groups in total. The average molecular weight is 347 g/mol. The quantitative estimate of drug-likeness (QED) is 0.549. The summed E-state index contributed by atoms with van der Waals surface area (Å²) in [6.07, 6.45) is 2.36. The Labute approximate surface area is 147 Å². The van der Waals surface area contributed by atoms with Gasteiger partial charge in [-0.3, -0.25) is 14.7 Å². The molecular formula is C18H13N5O3. The molecule has 2 aromatic heterocycles. The Hall–Kier alpha value is -3.81. The summed E-state index contributed by atoms with van der Waals surface area (Å²) in [6, 6.07) is 10.4. The highest BCUT2D eigenvalue weighted by Crippen LogP contribution is 2.26. The zero-order chi connectivity index (χ0) is 18.1. The standard InChI is InChI=1S/C18H13N5O3/c1-19-17(25)16-13-6-5-11-8-20-18(21-14(11)15(13)22-23-16)26-12-4-2-3-10(7-12)9-24/h2-9H,1H3,(H,19,25)(H,22,23). The number of hydrogen-bond acceptors (Lipinski definition) is 6. The highest BCUT2D eigenvalue weighted by molar-refractivity contribution is 6.11. The van der Waals surface area contributed by atoms with Crippen LogP contribution in [0, 0.1) is 0 Å². The highest BCUT2D eigenvalue weighted by Gasteiger charge is 2.15. The second kappa shape index (κ2) is 6.25. The molecule has 8 nitrogen and oxygen atoms in total. The summed E-state index contributed by atoms with van der Waals surface area (Å²) < 4.78 is 5.65. The molecule has 128 valence electrons. The molecule has 0 bridgehead atoms. The first-order valence-electron chi connectivity index (χ1n) is 7.78. The lowest BCUT2D eigenvalue weighted by molar-refractivity contribution is 0.0959. The van der Waals surface area contributed by atoms with Gasteiger partial charge in [-0.05, 0) is 18.2 Å². The minimum atomic E-state index is -0.261. The van der Waals surface area contributed by atoms with E-state index in [0.29, 0.717) is 33.4 Å². The van der Waals surface area contributed by atoms with E-state index in [1.807, 2.05) is 6.07 Å². The number of aldehydes is 1. The van der Waals surface area contributed by atoms with Gasteiger partial charge in [0.2, 0.25) is 0 Å². The van der Waals surface area contributed by atoms with Crippen molar-refractivity contribution in [2.45, 2.75) is 0 Å². The largest absolute Gasteiger partial charge is 0.424 e. The molecule has 0 unspecified atom stereocenters. The maximum atomic E-state index is 11.9. The molecule has 8 heteroatoms. The van der Waals surface area contributed by atoms with Crippen LogP contribution in [0.1, 0.15) is 20.8 Å². The van der Waals surface area contributed by atoms with Crippen LogP contribution in [0.3, 0.4) is 0 Å². The van der Waals surface area contributed by atoms with Crippen LogP contribution in [0.4, 0.5) is 0 Å². The van der Waals surface area contributed by atoms with Crippen LogP contribution >= 0.6 is 0 Å². The van der Waals surface area contributed by atoms with Gasteiger partial charge in [-0.25, -0.2) is 4.98 Å². The molecule has 0 radical (unpaired) electrons.